The third-order valence-corrected chi connectivity index (χ3v) is 3.25. The number of rotatable bonds is 8. The summed E-state index contributed by atoms with van der Waals surface area (Å²) in [5.41, 5.74) is 1.08. The summed E-state index contributed by atoms with van der Waals surface area (Å²) in [7, 11) is 1.77. The second-order valence-corrected chi connectivity index (χ2v) is 5.01. The van der Waals surface area contributed by atoms with Crippen LogP contribution in [-0.2, 0) is 6.42 Å². The van der Waals surface area contributed by atoms with E-state index in [0.717, 1.165) is 43.3 Å². The molecule has 2 N–H and O–H groups in total. The van der Waals surface area contributed by atoms with E-state index in [-0.39, 0.29) is 0 Å². The first-order valence-electron chi connectivity index (χ1n) is 7.91. The lowest BCUT2D eigenvalue weighted by molar-refractivity contribution is 0.311. The van der Waals surface area contributed by atoms with Crippen LogP contribution < -0.4 is 15.4 Å². The van der Waals surface area contributed by atoms with Gasteiger partial charge in [-0.2, -0.15) is 0 Å². The van der Waals surface area contributed by atoms with Crippen molar-refractivity contribution in [2.75, 3.05) is 26.7 Å². The van der Waals surface area contributed by atoms with Crippen LogP contribution in [0.3, 0.4) is 0 Å². The summed E-state index contributed by atoms with van der Waals surface area (Å²) >= 11 is 0. The molecule has 1 heterocycles. The molecule has 5 nitrogen and oxygen atoms in total. The lowest BCUT2D eigenvalue weighted by Gasteiger charge is -2.12. The van der Waals surface area contributed by atoms with Gasteiger partial charge in [0.15, 0.2) is 5.96 Å². The second-order valence-electron chi connectivity index (χ2n) is 5.01. The molecule has 0 radical (unpaired) electrons. The third-order valence-electron chi connectivity index (χ3n) is 3.25. The minimum absolute atomic E-state index is 0.682. The molecule has 1 aromatic heterocycles. The monoisotopic (exact) mass is 312 g/mol. The molecule has 0 saturated carbocycles. The molecule has 5 heteroatoms. The summed E-state index contributed by atoms with van der Waals surface area (Å²) in [6, 6.07) is 15.8. The first-order valence-corrected chi connectivity index (χ1v) is 7.91. The van der Waals surface area contributed by atoms with Gasteiger partial charge in [-0.05, 0) is 30.7 Å². The SMILES string of the molecule is CN=C(NCCCOc1ccccc1)NCCc1ccccn1. The van der Waals surface area contributed by atoms with Crippen LogP contribution in [0.15, 0.2) is 59.7 Å². The Kier molecular flexibility index (Phi) is 7.46. The van der Waals surface area contributed by atoms with E-state index in [2.05, 4.69) is 20.6 Å². The number of hydrogen-bond donors (Lipinski definition) is 2. The molecule has 0 atom stereocenters. The zero-order chi connectivity index (χ0) is 16.2. The molecule has 0 aliphatic carbocycles. The quantitative estimate of drug-likeness (QED) is 0.446. The van der Waals surface area contributed by atoms with Crippen molar-refractivity contribution in [3.05, 3.63) is 60.4 Å². The molecule has 0 aliphatic rings. The summed E-state index contributed by atoms with van der Waals surface area (Å²) < 4.78 is 5.65. The fourth-order valence-corrected chi connectivity index (χ4v) is 2.06. The van der Waals surface area contributed by atoms with Gasteiger partial charge in [-0.25, -0.2) is 0 Å². The summed E-state index contributed by atoms with van der Waals surface area (Å²) in [5, 5.41) is 6.57. The lowest BCUT2D eigenvalue weighted by atomic mass is 10.3. The molecule has 0 bridgehead atoms. The maximum Gasteiger partial charge on any atom is 0.190 e. The van der Waals surface area contributed by atoms with E-state index in [0.29, 0.717) is 6.61 Å². The highest BCUT2D eigenvalue weighted by molar-refractivity contribution is 5.79. The van der Waals surface area contributed by atoms with Gasteiger partial charge in [0.25, 0.3) is 0 Å². The number of guanidine groups is 1. The zero-order valence-electron chi connectivity index (χ0n) is 13.5. The first-order chi connectivity index (χ1) is 11.4. The van der Waals surface area contributed by atoms with Crippen LogP contribution in [0, 0.1) is 0 Å². The number of aromatic nitrogens is 1. The van der Waals surface area contributed by atoms with Crippen LogP contribution in [-0.4, -0.2) is 37.7 Å². The van der Waals surface area contributed by atoms with Gasteiger partial charge >= 0.3 is 0 Å². The minimum Gasteiger partial charge on any atom is -0.494 e. The molecular formula is C18H24N4O. The van der Waals surface area contributed by atoms with Gasteiger partial charge in [-0.15, -0.1) is 0 Å². The highest BCUT2D eigenvalue weighted by Crippen LogP contribution is 2.07. The van der Waals surface area contributed by atoms with E-state index in [1.165, 1.54) is 0 Å². The van der Waals surface area contributed by atoms with E-state index < -0.39 is 0 Å². The van der Waals surface area contributed by atoms with Crippen molar-refractivity contribution < 1.29 is 4.74 Å². The molecule has 0 saturated heterocycles. The lowest BCUT2D eigenvalue weighted by Crippen LogP contribution is -2.39. The molecule has 2 rings (SSSR count). The fraction of sp³-hybridized carbons (Fsp3) is 0.333. The third kappa shape index (κ3) is 6.82. The molecule has 23 heavy (non-hydrogen) atoms. The number of benzene rings is 1. The molecule has 0 fully saturated rings. The van der Waals surface area contributed by atoms with E-state index in [1.54, 1.807) is 7.05 Å². The van der Waals surface area contributed by atoms with Crippen LogP contribution in [0.25, 0.3) is 0 Å². The maximum atomic E-state index is 5.65. The second kappa shape index (κ2) is 10.2. The number of nitrogens with zero attached hydrogens (tertiary/aromatic N) is 2. The fourth-order valence-electron chi connectivity index (χ4n) is 2.06. The van der Waals surface area contributed by atoms with Crippen LogP contribution in [0.2, 0.25) is 0 Å². The Morgan fingerprint density at radius 3 is 2.57 bits per heavy atom. The number of ether oxygens (including phenoxy) is 1. The molecule has 0 unspecified atom stereocenters. The van der Waals surface area contributed by atoms with Gasteiger partial charge in [-0.3, -0.25) is 9.98 Å². The largest absolute Gasteiger partial charge is 0.494 e. The number of pyridine rings is 1. The molecule has 2 aromatic rings. The average molecular weight is 312 g/mol. The smallest absolute Gasteiger partial charge is 0.190 e. The Morgan fingerprint density at radius 2 is 1.83 bits per heavy atom. The van der Waals surface area contributed by atoms with Gasteiger partial charge < -0.3 is 15.4 Å². The van der Waals surface area contributed by atoms with Crippen molar-refractivity contribution in [1.29, 1.82) is 0 Å². The molecule has 0 amide bonds. The summed E-state index contributed by atoms with van der Waals surface area (Å²) in [4.78, 5) is 8.51. The van der Waals surface area contributed by atoms with Gasteiger partial charge in [-0.1, -0.05) is 24.3 Å². The Balaban J connectivity index is 1.56. The standard InChI is InChI=1S/C18H24N4O/c1-19-18(22-14-11-16-8-5-6-12-20-16)21-13-7-15-23-17-9-3-2-4-10-17/h2-6,8-10,12H,7,11,13-15H2,1H3,(H2,19,21,22). The van der Waals surface area contributed by atoms with E-state index in [1.807, 2.05) is 54.7 Å². The zero-order valence-corrected chi connectivity index (χ0v) is 13.5. The van der Waals surface area contributed by atoms with E-state index >= 15 is 0 Å². The van der Waals surface area contributed by atoms with Gasteiger partial charge in [0, 0.05) is 38.4 Å². The number of nitrogens with one attached hydrogen (secondary N) is 2. The van der Waals surface area contributed by atoms with Crippen molar-refractivity contribution in [2.45, 2.75) is 12.8 Å². The molecule has 0 aliphatic heterocycles. The number of para-hydroxylation sites is 1. The summed E-state index contributed by atoms with van der Waals surface area (Å²) in [6.45, 7) is 2.30. The highest BCUT2D eigenvalue weighted by atomic mass is 16.5. The average Bonchev–Trinajstić information content (AvgIpc) is 2.61. The van der Waals surface area contributed by atoms with Crippen LogP contribution in [0.5, 0.6) is 5.75 Å². The predicted molar refractivity (Wildman–Crippen MR) is 93.9 cm³/mol. The molecule has 122 valence electrons. The van der Waals surface area contributed by atoms with Crippen LogP contribution >= 0.6 is 0 Å². The Hall–Kier alpha value is -2.56. The predicted octanol–water partition coefficient (Wildman–Crippen LogP) is 2.26. The normalized spacial score (nSPS) is 11.1. The Bertz CT molecular complexity index is 572. The molecule has 0 spiro atoms. The highest BCUT2D eigenvalue weighted by Gasteiger charge is 1.98. The topological polar surface area (TPSA) is 58.5 Å². The molecular weight excluding hydrogens is 288 g/mol. The summed E-state index contributed by atoms with van der Waals surface area (Å²) in [5.74, 6) is 1.71. The van der Waals surface area contributed by atoms with Crippen molar-refractivity contribution in [1.82, 2.24) is 15.6 Å². The first kappa shape index (κ1) is 16.8. The Labute approximate surface area is 137 Å². The minimum atomic E-state index is 0.682. The summed E-state index contributed by atoms with van der Waals surface area (Å²) in [6.07, 6.45) is 3.60. The van der Waals surface area contributed by atoms with Gasteiger partial charge in [0.1, 0.15) is 5.75 Å². The van der Waals surface area contributed by atoms with Gasteiger partial charge in [0.05, 0.1) is 6.61 Å². The van der Waals surface area contributed by atoms with Crippen molar-refractivity contribution >= 4 is 5.96 Å². The van der Waals surface area contributed by atoms with Gasteiger partial charge in [0.2, 0.25) is 0 Å². The number of hydrogen-bond acceptors (Lipinski definition) is 3. The van der Waals surface area contributed by atoms with Crippen molar-refractivity contribution in [3.8, 4) is 5.75 Å². The van der Waals surface area contributed by atoms with Crippen LogP contribution in [0.4, 0.5) is 0 Å². The van der Waals surface area contributed by atoms with E-state index in [9.17, 15) is 0 Å². The van der Waals surface area contributed by atoms with Crippen molar-refractivity contribution in [3.63, 3.8) is 0 Å². The Morgan fingerprint density at radius 1 is 1.04 bits per heavy atom. The maximum absolute atomic E-state index is 5.65. The molecule has 1 aromatic carbocycles. The van der Waals surface area contributed by atoms with Crippen molar-refractivity contribution in [2.24, 2.45) is 4.99 Å². The van der Waals surface area contributed by atoms with E-state index in [4.69, 9.17) is 4.74 Å². The number of aliphatic imine (C=N–C) groups is 1. The van der Waals surface area contributed by atoms with Crippen LogP contribution in [0.1, 0.15) is 12.1 Å².